The third kappa shape index (κ3) is 3.60. The predicted molar refractivity (Wildman–Crippen MR) is 108 cm³/mol. The van der Waals surface area contributed by atoms with E-state index in [2.05, 4.69) is 11.1 Å². The molecule has 0 aliphatic carbocycles. The van der Waals surface area contributed by atoms with Crippen LogP contribution in [0, 0.1) is 5.82 Å². The van der Waals surface area contributed by atoms with Gasteiger partial charge in [-0.2, -0.15) is 5.10 Å². The molecule has 0 spiro atoms. The molecule has 1 saturated heterocycles. The smallest absolute Gasteiger partial charge is 0.162 e. The minimum atomic E-state index is -0.188. The van der Waals surface area contributed by atoms with Gasteiger partial charge in [-0.05, 0) is 55.3 Å². The first kappa shape index (κ1) is 18.2. The van der Waals surface area contributed by atoms with E-state index in [1.54, 1.807) is 12.1 Å². The molecule has 0 radical (unpaired) electrons. The Kier molecular flexibility index (Phi) is 4.72. The summed E-state index contributed by atoms with van der Waals surface area (Å²) in [5, 5.41) is 4.73. The van der Waals surface area contributed by atoms with E-state index in [1.807, 2.05) is 42.1 Å². The van der Waals surface area contributed by atoms with Crippen molar-refractivity contribution in [3.8, 4) is 22.8 Å². The van der Waals surface area contributed by atoms with Gasteiger partial charge in [-0.3, -0.25) is 9.58 Å². The molecule has 0 N–H and O–H groups in total. The first-order valence-electron chi connectivity index (χ1n) is 10.1. The number of rotatable bonds is 4. The van der Waals surface area contributed by atoms with Crippen molar-refractivity contribution in [3.63, 3.8) is 0 Å². The molecular formula is C23H24FN3O2. The Bertz CT molecular complexity index is 1020. The Morgan fingerprint density at radius 3 is 2.69 bits per heavy atom. The van der Waals surface area contributed by atoms with Crippen molar-refractivity contribution in [2.24, 2.45) is 7.05 Å². The lowest BCUT2D eigenvalue weighted by atomic mass is 10.0. The zero-order valence-corrected chi connectivity index (χ0v) is 16.5. The molecule has 2 aromatic carbocycles. The highest BCUT2D eigenvalue weighted by atomic mass is 19.1. The van der Waals surface area contributed by atoms with Crippen LogP contribution >= 0.6 is 0 Å². The second-order valence-corrected chi connectivity index (χ2v) is 7.72. The van der Waals surface area contributed by atoms with Crippen LogP contribution < -0.4 is 9.47 Å². The summed E-state index contributed by atoms with van der Waals surface area (Å²) >= 11 is 0. The molecule has 5 nitrogen and oxygen atoms in total. The fraction of sp³-hybridized carbons (Fsp3) is 0.348. The van der Waals surface area contributed by atoms with Crippen molar-refractivity contribution in [3.05, 3.63) is 65.6 Å². The Hall–Kier alpha value is -2.86. The quantitative estimate of drug-likeness (QED) is 0.661. The summed E-state index contributed by atoms with van der Waals surface area (Å²) in [6, 6.07) is 13.2. The predicted octanol–water partition coefficient (Wildman–Crippen LogP) is 4.33. The molecule has 3 heterocycles. The molecule has 1 atom stereocenters. The van der Waals surface area contributed by atoms with E-state index in [-0.39, 0.29) is 5.82 Å². The standard InChI is InChI=1S/C23H24FN3O2/c1-26-14-18(15-27-10-2-3-20(27)16-4-7-19(24)8-5-16)23(25-26)17-6-9-21-22(13-17)29-12-11-28-21/h4-9,13-14,20H,2-3,10-12,15H2,1H3. The number of benzene rings is 2. The van der Waals surface area contributed by atoms with Crippen LogP contribution in [0.2, 0.25) is 0 Å². The van der Waals surface area contributed by atoms with Gasteiger partial charge in [0.1, 0.15) is 19.0 Å². The average Bonchev–Trinajstić information content (AvgIpc) is 3.35. The lowest BCUT2D eigenvalue weighted by molar-refractivity contribution is 0.171. The number of likely N-dealkylation sites (tertiary alicyclic amines) is 1. The second-order valence-electron chi connectivity index (χ2n) is 7.72. The van der Waals surface area contributed by atoms with Crippen molar-refractivity contribution >= 4 is 0 Å². The maximum absolute atomic E-state index is 13.3. The summed E-state index contributed by atoms with van der Waals surface area (Å²) < 4.78 is 26.6. The normalized spacial score (nSPS) is 18.9. The number of aromatic nitrogens is 2. The first-order chi connectivity index (χ1) is 14.2. The zero-order chi connectivity index (χ0) is 19.8. The molecule has 0 saturated carbocycles. The molecule has 3 aromatic rings. The Morgan fingerprint density at radius 2 is 1.86 bits per heavy atom. The molecule has 0 amide bonds. The number of fused-ring (bicyclic) bond motifs is 1. The topological polar surface area (TPSA) is 39.5 Å². The van der Waals surface area contributed by atoms with Gasteiger partial charge < -0.3 is 9.47 Å². The fourth-order valence-corrected chi connectivity index (χ4v) is 4.38. The largest absolute Gasteiger partial charge is 0.486 e. The van der Waals surface area contributed by atoms with Gasteiger partial charge in [-0.25, -0.2) is 4.39 Å². The van der Waals surface area contributed by atoms with Gasteiger partial charge in [-0.1, -0.05) is 12.1 Å². The van der Waals surface area contributed by atoms with Crippen molar-refractivity contribution in [1.82, 2.24) is 14.7 Å². The lowest BCUT2D eigenvalue weighted by Crippen LogP contribution is -2.23. The van der Waals surface area contributed by atoms with Crippen LogP contribution in [0.1, 0.15) is 30.0 Å². The minimum absolute atomic E-state index is 0.188. The molecule has 1 fully saturated rings. The fourth-order valence-electron chi connectivity index (χ4n) is 4.38. The van der Waals surface area contributed by atoms with E-state index in [4.69, 9.17) is 14.6 Å². The summed E-state index contributed by atoms with van der Waals surface area (Å²) in [6.45, 7) is 2.98. The van der Waals surface area contributed by atoms with Gasteiger partial charge in [-0.15, -0.1) is 0 Å². The number of nitrogens with zero attached hydrogens (tertiary/aromatic N) is 3. The molecule has 5 rings (SSSR count). The first-order valence-corrected chi connectivity index (χ1v) is 10.1. The molecule has 2 aliphatic heterocycles. The lowest BCUT2D eigenvalue weighted by Gasteiger charge is -2.25. The van der Waals surface area contributed by atoms with Crippen LogP contribution in [0.4, 0.5) is 4.39 Å². The number of halogens is 1. The summed E-state index contributed by atoms with van der Waals surface area (Å²) in [5.41, 5.74) is 4.35. The van der Waals surface area contributed by atoms with Gasteiger partial charge in [0, 0.05) is 37.0 Å². The van der Waals surface area contributed by atoms with Gasteiger partial charge in [0.2, 0.25) is 0 Å². The third-order valence-corrected chi connectivity index (χ3v) is 5.71. The number of ether oxygens (including phenoxy) is 2. The molecule has 1 aromatic heterocycles. The number of aryl methyl sites for hydroxylation is 1. The van der Waals surface area contributed by atoms with Crippen molar-refractivity contribution in [1.29, 1.82) is 0 Å². The van der Waals surface area contributed by atoms with E-state index < -0.39 is 0 Å². The monoisotopic (exact) mass is 393 g/mol. The molecule has 2 aliphatic rings. The maximum Gasteiger partial charge on any atom is 0.162 e. The number of hydrogen-bond acceptors (Lipinski definition) is 4. The Labute approximate surface area is 169 Å². The highest BCUT2D eigenvalue weighted by Crippen LogP contribution is 2.37. The molecule has 0 bridgehead atoms. The summed E-state index contributed by atoms with van der Waals surface area (Å²) in [4.78, 5) is 2.46. The highest BCUT2D eigenvalue weighted by molar-refractivity contribution is 5.67. The molecule has 1 unspecified atom stereocenters. The van der Waals surface area contributed by atoms with Gasteiger partial charge in [0.15, 0.2) is 11.5 Å². The van der Waals surface area contributed by atoms with Gasteiger partial charge >= 0.3 is 0 Å². The van der Waals surface area contributed by atoms with E-state index >= 15 is 0 Å². The number of hydrogen-bond donors (Lipinski definition) is 0. The van der Waals surface area contributed by atoms with E-state index in [1.165, 1.54) is 11.1 Å². The minimum Gasteiger partial charge on any atom is -0.486 e. The SMILES string of the molecule is Cn1cc(CN2CCCC2c2ccc(F)cc2)c(-c2ccc3c(c2)OCCO3)n1. The maximum atomic E-state index is 13.3. The Morgan fingerprint density at radius 1 is 1.07 bits per heavy atom. The van der Waals surface area contributed by atoms with Gasteiger partial charge in [0.25, 0.3) is 0 Å². The van der Waals surface area contributed by atoms with Crippen molar-refractivity contribution in [2.45, 2.75) is 25.4 Å². The van der Waals surface area contributed by atoms with Crippen LogP contribution in [-0.4, -0.2) is 34.4 Å². The highest BCUT2D eigenvalue weighted by Gasteiger charge is 2.27. The summed E-state index contributed by atoms with van der Waals surface area (Å²) in [6.07, 6.45) is 4.32. The van der Waals surface area contributed by atoms with E-state index in [0.29, 0.717) is 19.3 Å². The Balaban J connectivity index is 1.43. The van der Waals surface area contributed by atoms with Crippen LogP contribution in [0.15, 0.2) is 48.7 Å². The van der Waals surface area contributed by atoms with E-state index in [0.717, 1.165) is 48.7 Å². The summed E-state index contributed by atoms with van der Waals surface area (Å²) in [5.74, 6) is 1.37. The van der Waals surface area contributed by atoms with Crippen LogP contribution in [0.25, 0.3) is 11.3 Å². The van der Waals surface area contributed by atoms with Crippen molar-refractivity contribution < 1.29 is 13.9 Å². The van der Waals surface area contributed by atoms with E-state index in [9.17, 15) is 4.39 Å². The average molecular weight is 393 g/mol. The van der Waals surface area contributed by atoms with Crippen LogP contribution in [-0.2, 0) is 13.6 Å². The van der Waals surface area contributed by atoms with Crippen LogP contribution in [0.5, 0.6) is 11.5 Å². The molecule has 6 heteroatoms. The molecule has 29 heavy (non-hydrogen) atoms. The third-order valence-electron chi connectivity index (χ3n) is 5.71. The molecule has 150 valence electrons. The summed E-state index contributed by atoms with van der Waals surface area (Å²) in [7, 11) is 1.95. The van der Waals surface area contributed by atoms with Crippen LogP contribution in [0.3, 0.4) is 0 Å². The van der Waals surface area contributed by atoms with Crippen molar-refractivity contribution in [2.75, 3.05) is 19.8 Å². The molecular weight excluding hydrogens is 369 g/mol. The zero-order valence-electron chi connectivity index (χ0n) is 16.5. The second kappa shape index (κ2) is 7.52. The van der Waals surface area contributed by atoms with Gasteiger partial charge in [0.05, 0.1) is 5.69 Å².